The van der Waals surface area contributed by atoms with Gasteiger partial charge in [0.1, 0.15) is 5.75 Å². The smallest absolute Gasteiger partial charge is 0.251 e. The van der Waals surface area contributed by atoms with Gasteiger partial charge in [0.15, 0.2) is 0 Å². The summed E-state index contributed by atoms with van der Waals surface area (Å²) in [7, 11) is 3.20. The van der Waals surface area contributed by atoms with Crippen molar-refractivity contribution in [2.24, 2.45) is 0 Å². The number of carbonyl (C=O) groups excluding carboxylic acids is 2. The van der Waals surface area contributed by atoms with E-state index in [2.05, 4.69) is 10.6 Å². The quantitative estimate of drug-likeness (QED) is 0.674. The van der Waals surface area contributed by atoms with Gasteiger partial charge in [-0.3, -0.25) is 9.59 Å². The molecule has 0 fully saturated rings. The molecule has 0 aliphatic carbocycles. The highest BCUT2D eigenvalue weighted by molar-refractivity contribution is 5.97. The van der Waals surface area contributed by atoms with Crippen LogP contribution in [0.2, 0.25) is 0 Å². The van der Waals surface area contributed by atoms with Crippen LogP contribution in [-0.4, -0.2) is 45.7 Å². The van der Waals surface area contributed by atoms with E-state index in [1.165, 1.54) is 0 Å². The van der Waals surface area contributed by atoms with Crippen molar-refractivity contribution in [1.29, 1.82) is 0 Å². The van der Waals surface area contributed by atoms with Gasteiger partial charge >= 0.3 is 0 Å². The molecule has 138 valence electrons. The fraction of sp³-hybridized carbons (Fsp3) is 0.300. The largest absolute Gasteiger partial charge is 0.497 e. The summed E-state index contributed by atoms with van der Waals surface area (Å²) in [6.07, 6.45) is 0.711. The van der Waals surface area contributed by atoms with Crippen molar-refractivity contribution in [2.75, 3.05) is 33.9 Å². The Morgan fingerprint density at radius 3 is 2.08 bits per heavy atom. The van der Waals surface area contributed by atoms with Crippen molar-refractivity contribution in [3.05, 3.63) is 65.2 Å². The van der Waals surface area contributed by atoms with Crippen molar-refractivity contribution < 1.29 is 19.1 Å². The Morgan fingerprint density at radius 1 is 0.885 bits per heavy atom. The van der Waals surface area contributed by atoms with Crippen molar-refractivity contribution >= 4 is 11.8 Å². The van der Waals surface area contributed by atoms with Crippen molar-refractivity contribution in [2.45, 2.75) is 6.42 Å². The first-order chi connectivity index (χ1) is 12.6. The fourth-order valence-electron chi connectivity index (χ4n) is 2.39. The van der Waals surface area contributed by atoms with E-state index >= 15 is 0 Å². The van der Waals surface area contributed by atoms with Crippen molar-refractivity contribution in [3.63, 3.8) is 0 Å². The summed E-state index contributed by atoms with van der Waals surface area (Å²) in [5.41, 5.74) is 2.12. The van der Waals surface area contributed by atoms with E-state index in [0.717, 1.165) is 11.3 Å². The second-order valence-electron chi connectivity index (χ2n) is 5.68. The highest BCUT2D eigenvalue weighted by atomic mass is 16.5. The van der Waals surface area contributed by atoms with Crippen LogP contribution in [-0.2, 0) is 11.2 Å². The third kappa shape index (κ3) is 5.89. The molecule has 0 saturated carbocycles. The Kier molecular flexibility index (Phi) is 7.64. The lowest BCUT2D eigenvalue weighted by molar-refractivity contribution is 0.0931. The molecular weight excluding hydrogens is 332 g/mol. The molecule has 0 saturated heterocycles. The first kappa shape index (κ1) is 19.5. The fourth-order valence-corrected chi connectivity index (χ4v) is 2.39. The molecule has 0 unspecified atom stereocenters. The molecule has 0 bridgehead atoms. The molecule has 0 aliphatic rings. The van der Waals surface area contributed by atoms with Gasteiger partial charge in [-0.05, 0) is 48.4 Å². The van der Waals surface area contributed by atoms with Gasteiger partial charge in [0, 0.05) is 31.3 Å². The molecule has 0 heterocycles. The Bertz CT molecular complexity index is 729. The second-order valence-corrected chi connectivity index (χ2v) is 5.68. The summed E-state index contributed by atoms with van der Waals surface area (Å²) in [5, 5.41) is 5.61. The molecule has 2 aromatic carbocycles. The highest BCUT2D eigenvalue weighted by Gasteiger charge is 2.08. The Labute approximate surface area is 153 Å². The van der Waals surface area contributed by atoms with E-state index in [1.807, 2.05) is 24.3 Å². The molecule has 0 spiro atoms. The number of nitrogens with one attached hydrogen (secondary N) is 2. The molecule has 26 heavy (non-hydrogen) atoms. The van der Waals surface area contributed by atoms with Gasteiger partial charge < -0.3 is 20.1 Å². The van der Waals surface area contributed by atoms with E-state index in [4.69, 9.17) is 9.47 Å². The maximum atomic E-state index is 12.2. The number of methoxy groups -OCH3 is 2. The van der Waals surface area contributed by atoms with Crippen LogP contribution in [0.1, 0.15) is 26.3 Å². The third-order valence-corrected chi connectivity index (χ3v) is 3.83. The lowest BCUT2D eigenvalue weighted by atomic mass is 10.1. The van der Waals surface area contributed by atoms with Gasteiger partial charge in [0.2, 0.25) is 0 Å². The zero-order valence-electron chi connectivity index (χ0n) is 15.1. The second kappa shape index (κ2) is 10.2. The van der Waals surface area contributed by atoms with Crippen molar-refractivity contribution in [3.8, 4) is 5.75 Å². The maximum absolute atomic E-state index is 12.2. The van der Waals surface area contributed by atoms with Gasteiger partial charge in [-0.1, -0.05) is 12.1 Å². The zero-order valence-corrected chi connectivity index (χ0v) is 15.1. The Hall–Kier alpha value is -2.86. The van der Waals surface area contributed by atoms with E-state index in [1.54, 1.807) is 38.5 Å². The van der Waals surface area contributed by atoms with Gasteiger partial charge in [-0.15, -0.1) is 0 Å². The summed E-state index contributed by atoms with van der Waals surface area (Å²) < 4.78 is 10.1. The molecule has 2 rings (SSSR count). The SMILES string of the molecule is COCCNC(=O)c1ccc(C(=O)NCCc2cccc(OC)c2)cc1. The molecular formula is C20H24N2O4. The number of benzene rings is 2. The van der Waals surface area contributed by atoms with Crippen LogP contribution in [0.15, 0.2) is 48.5 Å². The predicted molar refractivity (Wildman–Crippen MR) is 99.7 cm³/mol. The van der Waals surface area contributed by atoms with E-state index < -0.39 is 0 Å². The van der Waals surface area contributed by atoms with E-state index in [9.17, 15) is 9.59 Å². The lowest BCUT2D eigenvalue weighted by Gasteiger charge is -2.08. The maximum Gasteiger partial charge on any atom is 0.251 e. The van der Waals surface area contributed by atoms with Gasteiger partial charge in [0.25, 0.3) is 11.8 Å². The predicted octanol–water partition coefficient (Wildman–Crippen LogP) is 2.04. The molecule has 0 radical (unpaired) electrons. The van der Waals surface area contributed by atoms with Gasteiger partial charge in [-0.25, -0.2) is 0 Å². The third-order valence-electron chi connectivity index (χ3n) is 3.83. The summed E-state index contributed by atoms with van der Waals surface area (Å²) >= 11 is 0. The monoisotopic (exact) mass is 356 g/mol. The minimum Gasteiger partial charge on any atom is -0.497 e. The lowest BCUT2D eigenvalue weighted by Crippen LogP contribution is -2.27. The first-order valence-electron chi connectivity index (χ1n) is 8.42. The normalized spacial score (nSPS) is 10.2. The molecule has 6 nitrogen and oxygen atoms in total. The first-order valence-corrected chi connectivity index (χ1v) is 8.42. The number of amides is 2. The summed E-state index contributed by atoms with van der Waals surface area (Å²) in [6, 6.07) is 14.3. The van der Waals surface area contributed by atoms with Crippen molar-refractivity contribution in [1.82, 2.24) is 10.6 Å². The minimum atomic E-state index is -0.188. The standard InChI is InChI=1S/C20H24N2O4/c1-25-13-12-22-20(24)17-8-6-16(7-9-17)19(23)21-11-10-15-4-3-5-18(14-15)26-2/h3-9,14H,10-13H2,1-2H3,(H,21,23)(H,22,24). The van der Waals surface area contributed by atoms with Gasteiger partial charge in [-0.2, -0.15) is 0 Å². The molecule has 0 aliphatic heterocycles. The highest BCUT2D eigenvalue weighted by Crippen LogP contribution is 2.12. The summed E-state index contributed by atoms with van der Waals surface area (Å²) in [4.78, 5) is 24.1. The topological polar surface area (TPSA) is 76.7 Å². The van der Waals surface area contributed by atoms with Crippen LogP contribution >= 0.6 is 0 Å². The Morgan fingerprint density at radius 2 is 1.50 bits per heavy atom. The molecule has 0 aromatic heterocycles. The van der Waals surface area contributed by atoms with Crippen LogP contribution in [0.25, 0.3) is 0 Å². The van der Waals surface area contributed by atoms with Crippen LogP contribution in [0, 0.1) is 0 Å². The number of hydrogen-bond donors (Lipinski definition) is 2. The number of carbonyl (C=O) groups is 2. The molecule has 6 heteroatoms. The van der Waals surface area contributed by atoms with Crippen LogP contribution in [0.5, 0.6) is 5.75 Å². The molecule has 2 aromatic rings. The molecule has 0 atom stereocenters. The average molecular weight is 356 g/mol. The number of hydrogen-bond acceptors (Lipinski definition) is 4. The number of rotatable bonds is 9. The molecule has 2 N–H and O–H groups in total. The summed E-state index contributed by atoms with van der Waals surface area (Å²) in [6.45, 7) is 1.42. The van der Waals surface area contributed by atoms with Crippen LogP contribution < -0.4 is 15.4 Å². The van der Waals surface area contributed by atoms with Crippen LogP contribution in [0.3, 0.4) is 0 Å². The zero-order chi connectivity index (χ0) is 18.8. The van der Waals surface area contributed by atoms with Crippen LogP contribution in [0.4, 0.5) is 0 Å². The summed E-state index contributed by atoms with van der Waals surface area (Å²) in [5.74, 6) is 0.444. The van der Waals surface area contributed by atoms with E-state index in [-0.39, 0.29) is 11.8 Å². The average Bonchev–Trinajstić information content (AvgIpc) is 2.68. The minimum absolute atomic E-state index is 0.167. The number of ether oxygens (including phenoxy) is 2. The Balaban J connectivity index is 1.82. The van der Waals surface area contributed by atoms with E-state index in [0.29, 0.717) is 37.2 Å². The molecule has 2 amide bonds. The van der Waals surface area contributed by atoms with Gasteiger partial charge in [0.05, 0.1) is 13.7 Å².